The maximum Gasteiger partial charge on any atom is 0.229 e. The predicted molar refractivity (Wildman–Crippen MR) is 80.5 cm³/mol. The van der Waals surface area contributed by atoms with Gasteiger partial charge in [-0.1, -0.05) is 44.2 Å². The summed E-state index contributed by atoms with van der Waals surface area (Å²) in [5, 5.41) is 2.94. The van der Waals surface area contributed by atoms with Crippen molar-refractivity contribution in [1.29, 1.82) is 0 Å². The van der Waals surface area contributed by atoms with Crippen molar-refractivity contribution >= 4 is 22.9 Å². The third kappa shape index (κ3) is 3.00. The van der Waals surface area contributed by atoms with E-state index in [1.165, 1.54) is 19.3 Å². The number of anilines is 1. The predicted octanol–water partition coefficient (Wildman–Crippen LogP) is 3.86. The lowest BCUT2D eigenvalue weighted by atomic mass is 9.90. The molecule has 1 amide bonds. The SMILES string of the molecule is O=C(Nc1nc2ccccc2[nH]1)C1CCCCCCC1. The first kappa shape index (κ1) is 13.2. The van der Waals surface area contributed by atoms with Gasteiger partial charge in [0.1, 0.15) is 0 Å². The second-order valence-electron chi connectivity index (χ2n) is 5.63. The standard InChI is InChI=1S/C16H21N3O/c20-15(12-8-4-2-1-3-5-9-12)19-16-17-13-10-6-7-11-14(13)18-16/h6-7,10-12H,1-5,8-9H2,(H2,17,18,19,20). The largest absolute Gasteiger partial charge is 0.324 e. The molecule has 4 heteroatoms. The third-order valence-electron chi connectivity index (χ3n) is 4.11. The van der Waals surface area contributed by atoms with Crippen molar-refractivity contribution in [3.05, 3.63) is 24.3 Å². The lowest BCUT2D eigenvalue weighted by molar-refractivity contribution is -0.120. The van der Waals surface area contributed by atoms with Crippen molar-refractivity contribution in [3.63, 3.8) is 0 Å². The summed E-state index contributed by atoms with van der Waals surface area (Å²) in [5.41, 5.74) is 1.85. The van der Waals surface area contributed by atoms with Crippen molar-refractivity contribution in [2.45, 2.75) is 44.9 Å². The van der Waals surface area contributed by atoms with Crippen molar-refractivity contribution < 1.29 is 4.79 Å². The maximum absolute atomic E-state index is 12.3. The molecule has 0 aliphatic heterocycles. The highest BCUT2D eigenvalue weighted by molar-refractivity contribution is 5.92. The normalized spacial score (nSPS) is 17.6. The number of amides is 1. The first-order valence-corrected chi connectivity index (χ1v) is 7.58. The zero-order valence-corrected chi connectivity index (χ0v) is 11.7. The Hall–Kier alpha value is -1.84. The number of hydrogen-bond acceptors (Lipinski definition) is 2. The summed E-state index contributed by atoms with van der Waals surface area (Å²) in [6.45, 7) is 0. The lowest BCUT2D eigenvalue weighted by Gasteiger charge is -2.18. The number of carbonyl (C=O) groups excluding carboxylic acids is 1. The van der Waals surface area contributed by atoms with Crippen molar-refractivity contribution in [1.82, 2.24) is 9.97 Å². The molecule has 1 heterocycles. The Morgan fingerprint density at radius 2 is 1.80 bits per heavy atom. The fourth-order valence-electron chi connectivity index (χ4n) is 2.95. The van der Waals surface area contributed by atoms with Gasteiger partial charge < -0.3 is 4.98 Å². The highest BCUT2D eigenvalue weighted by Crippen LogP contribution is 2.23. The van der Waals surface area contributed by atoms with Crippen LogP contribution in [0.2, 0.25) is 0 Å². The number of aromatic nitrogens is 2. The molecule has 106 valence electrons. The van der Waals surface area contributed by atoms with E-state index in [4.69, 9.17) is 0 Å². The summed E-state index contributed by atoms with van der Waals surface area (Å²) >= 11 is 0. The number of imidazole rings is 1. The fraction of sp³-hybridized carbons (Fsp3) is 0.500. The summed E-state index contributed by atoms with van der Waals surface area (Å²) in [5.74, 6) is 0.827. The molecule has 1 aliphatic rings. The number of nitrogens with one attached hydrogen (secondary N) is 2. The molecule has 1 fully saturated rings. The Morgan fingerprint density at radius 3 is 2.55 bits per heavy atom. The molecule has 1 aromatic carbocycles. The second kappa shape index (κ2) is 6.07. The number of H-pyrrole nitrogens is 1. The molecule has 1 aliphatic carbocycles. The van der Waals surface area contributed by atoms with Crippen LogP contribution in [-0.2, 0) is 4.79 Å². The Balaban J connectivity index is 1.67. The van der Waals surface area contributed by atoms with Gasteiger partial charge >= 0.3 is 0 Å². The average Bonchev–Trinajstić information content (AvgIpc) is 2.80. The Labute approximate surface area is 119 Å². The monoisotopic (exact) mass is 271 g/mol. The fourth-order valence-corrected chi connectivity index (χ4v) is 2.95. The molecular weight excluding hydrogens is 250 g/mol. The minimum Gasteiger partial charge on any atom is -0.324 e. The Kier molecular flexibility index (Phi) is 4.00. The van der Waals surface area contributed by atoms with Gasteiger partial charge in [0.05, 0.1) is 11.0 Å². The third-order valence-corrected chi connectivity index (χ3v) is 4.11. The lowest BCUT2D eigenvalue weighted by Crippen LogP contribution is -2.24. The number of hydrogen-bond donors (Lipinski definition) is 2. The van der Waals surface area contributed by atoms with E-state index in [1.807, 2.05) is 24.3 Å². The van der Waals surface area contributed by atoms with Crippen LogP contribution in [0.4, 0.5) is 5.95 Å². The van der Waals surface area contributed by atoms with Gasteiger partial charge in [-0.25, -0.2) is 4.98 Å². The minimum absolute atomic E-state index is 0.117. The number of rotatable bonds is 2. The van der Waals surface area contributed by atoms with E-state index in [0.717, 1.165) is 36.7 Å². The molecule has 20 heavy (non-hydrogen) atoms. The van der Waals surface area contributed by atoms with Crippen LogP contribution in [0.1, 0.15) is 44.9 Å². The topological polar surface area (TPSA) is 57.8 Å². The van der Waals surface area contributed by atoms with Crippen LogP contribution in [0.5, 0.6) is 0 Å². The molecule has 3 rings (SSSR count). The van der Waals surface area contributed by atoms with Crippen LogP contribution in [0.25, 0.3) is 11.0 Å². The first-order valence-electron chi connectivity index (χ1n) is 7.58. The van der Waals surface area contributed by atoms with E-state index in [0.29, 0.717) is 5.95 Å². The van der Waals surface area contributed by atoms with E-state index in [9.17, 15) is 4.79 Å². The highest BCUT2D eigenvalue weighted by Gasteiger charge is 2.20. The van der Waals surface area contributed by atoms with Gasteiger partial charge in [-0.3, -0.25) is 10.1 Å². The first-order chi connectivity index (χ1) is 9.83. The molecule has 2 aromatic rings. The Morgan fingerprint density at radius 1 is 1.10 bits per heavy atom. The van der Waals surface area contributed by atoms with E-state index < -0.39 is 0 Å². The second-order valence-corrected chi connectivity index (χ2v) is 5.63. The molecule has 1 aromatic heterocycles. The van der Waals surface area contributed by atoms with Gasteiger partial charge in [0.2, 0.25) is 11.9 Å². The van der Waals surface area contributed by atoms with Gasteiger partial charge in [-0.2, -0.15) is 0 Å². The van der Waals surface area contributed by atoms with Gasteiger partial charge in [-0.15, -0.1) is 0 Å². The van der Waals surface area contributed by atoms with Gasteiger partial charge in [-0.05, 0) is 25.0 Å². The number of aromatic amines is 1. The van der Waals surface area contributed by atoms with Gasteiger partial charge in [0.25, 0.3) is 0 Å². The molecule has 0 radical (unpaired) electrons. The average molecular weight is 271 g/mol. The molecule has 2 N–H and O–H groups in total. The number of carbonyl (C=O) groups is 1. The van der Waals surface area contributed by atoms with E-state index in [2.05, 4.69) is 15.3 Å². The minimum atomic E-state index is 0.117. The molecule has 0 spiro atoms. The van der Waals surface area contributed by atoms with Crippen molar-refractivity contribution in [2.24, 2.45) is 5.92 Å². The van der Waals surface area contributed by atoms with Crippen LogP contribution in [0.3, 0.4) is 0 Å². The van der Waals surface area contributed by atoms with E-state index in [1.54, 1.807) is 0 Å². The molecule has 0 bridgehead atoms. The molecule has 0 unspecified atom stereocenters. The van der Waals surface area contributed by atoms with Crippen LogP contribution in [0.15, 0.2) is 24.3 Å². The molecule has 0 atom stereocenters. The zero-order valence-electron chi connectivity index (χ0n) is 11.7. The smallest absolute Gasteiger partial charge is 0.229 e. The van der Waals surface area contributed by atoms with Gasteiger partial charge in [0.15, 0.2) is 0 Å². The van der Waals surface area contributed by atoms with Crippen molar-refractivity contribution in [3.8, 4) is 0 Å². The zero-order chi connectivity index (χ0) is 13.8. The number of nitrogens with zero attached hydrogens (tertiary/aromatic N) is 1. The van der Waals surface area contributed by atoms with E-state index in [-0.39, 0.29) is 11.8 Å². The summed E-state index contributed by atoms with van der Waals surface area (Å²) in [6, 6.07) is 7.82. The molecule has 1 saturated carbocycles. The summed E-state index contributed by atoms with van der Waals surface area (Å²) in [6.07, 6.45) is 8.18. The highest BCUT2D eigenvalue weighted by atomic mass is 16.2. The number of benzene rings is 1. The van der Waals surface area contributed by atoms with Gasteiger partial charge in [0, 0.05) is 5.92 Å². The Bertz CT molecular complexity index is 549. The molecule has 4 nitrogen and oxygen atoms in total. The van der Waals surface area contributed by atoms with Crippen molar-refractivity contribution in [2.75, 3.05) is 5.32 Å². The number of para-hydroxylation sites is 2. The quantitative estimate of drug-likeness (QED) is 0.871. The molecule has 0 saturated heterocycles. The maximum atomic E-state index is 12.3. The van der Waals surface area contributed by atoms with Crippen LogP contribution < -0.4 is 5.32 Å². The summed E-state index contributed by atoms with van der Waals surface area (Å²) in [7, 11) is 0. The van der Waals surface area contributed by atoms with Crippen LogP contribution in [-0.4, -0.2) is 15.9 Å². The summed E-state index contributed by atoms with van der Waals surface area (Å²) < 4.78 is 0. The summed E-state index contributed by atoms with van der Waals surface area (Å²) in [4.78, 5) is 19.9. The van der Waals surface area contributed by atoms with Crippen LogP contribution >= 0.6 is 0 Å². The number of fused-ring (bicyclic) bond motifs is 1. The molecular formula is C16H21N3O. The van der Waals surface area contributed by atoms with Crippen LogP contribution in [0, 0.1) is 5.92 Å². The van der Waals surface area contributed by atoms with E-state index >= 15 is 0 Å².